The van der Waals surface area contributed by atoms with Gasteiger partial charge < -0.3 is 5.32 Å². The van der Waals surface area contributed by atoms with Crippen LogP contribution in [0.15, 0.2) is 77.7 Å². The van der Waals surface area contributed by atoms with E-state index in [1.807, 2.05) is 0 Å². The van der Waals surface area contributed by atoms with Crippen LogP contribution in [0.2, 0.25) is 0 Å². The summed E-state index contributed by atoms with van der Waals surface area (Å²) in [7, 11) is -2.76. The van der Waals surface area contributed by atoms with Gasteiger partial charge in [0.1, 0.15) is 11.9 Å². The molecule has 0 aliphatic heterocycles. The minimum Gasteiger partial charge on any atom is -0.351 e. The zero-order chi connectivity index (χ0) is 26.7. The number of alkyl halides is 3. The van der Waals surface area contributed by atoms with Crippen molar-refractivity contribution in [2.45, 2.75) is 37.5 Å². The van der Waals surface area contributed by atoms with Crippen molar-refractivity contribution in [1.82, 2.24) is 9.62 Å². The molecule has 0 unspecified atom stereocenters. The summed E-state index contributed by atoms with van der Waals surface area (Å²) in [6, 6.07) is 15.1. The van der Waals surface area contributed by atoms with Gasteiger partial charge >= 0.3 is 6.18 Å². The van der Waals surface area contributed by atoms with Gasteiger partial charge in [0.25, 0.3) is 0 Å². The van der Waals surface area contributed by atoms with E-state index in [1.54, 1.807) is 38.1 Å². The van der Waals surface area contributed by atoms with E-state index in [2.05, 4.69) is 5.32 Å². The summed E-state index contributed by atoms with van der Waals surface area (Å²) in [4.78, 5) is 12.9. The van der Waals surface area contributed by atoms with Crippen LogP contribution in [0.1, 0.15) is 25.0 Å². The molecule has 0 aliphatic carbocycles. The maximum absolute atomic E-state index is 13.2. The maximum atomic E-state index is 13.2. The molecule has 0 aromatic heterocycles. The molecule has 36 heavy (non-hydrogen) atoms. The van der Waals surface area contributed by atoms with E-state index in [4.69, 9.17) is 0 Å². The number of carbonyl (C=O) groups excluding carboxylic acids is 1. The molecule has 1 amide bonds. The molecule has 10 heteroatoms. The fraction of sp³-hybridized carbons (Fsp3) is 0.269. The first-order valence-corrected chi connectivity index (χ1v) is 12.5. The van der Waals surface area contributed by atoms with Crippen molar-refractivity contribution in [1.29, 1.82) is 0 Å². The number of halogens is 4. The number of nitrogens with zero attached hydrogens (tertiary/aromatic N) is 1. The summed E-state index contributed by atoms with van der Waals surface area (Å²) in [5.41, 5.74) is 1.20. The van der Waals surface area contributed by atoms with E-state index in [1.165, 1.54) is 19.2 Å². The van der Waals surface area contributed by atoms with E-state index in [-0.39, 0.29) is 17.4 Å². The van der Waals surface area contributed by atoms with Gasteiger partial charge in [-0.05, 0) is 65.1 Å². The average Bonchev–Trinajstić information content (AvgIpc) is 2.82. The quantitative estimate of drug-likeness (QED) is 0.399. The molecule has 3 aromatic carbocycles. The zero-order valence-corrected chi connectivity index (χ0v) is 20.7. The van der Waals surface area contributed by atoms with E-state index < -0.39 is 39.5 Å². The molecule has 192 valence electrons. The molecule has 0 spiro atoms. The highest BCUT2D eigenvalue weighted by molar-refractivity contribution is 7.89. The zero-order valence-electron chi connectivity index (χ0n) is 19.9. The number of likely N-dealkylation sites (N-methyl/N-ethyl adjacent to an activating group) is 1. The summed E-state index contributed by atoms with van der Waals surface area (Å²) < 4.78 is 78.7. The molecule has 0 bridgehead atoms. The van der Waals surface area contributed by atoms with Gasteiger partial charge in [0.15, 0.2) is 0 Å². The number of nitrogens with one attached hydrogen (secondary N) is 1. The molecule has 5 nitrogen and oxygen atoms in total. The maximum Gasteiger partial charge on any atom is 0.416 e. The van der Waals surface area contributed by atoms with Crippen LogP contribution in [0.4, 0.5) is 17.6 Å². The van der Waals surface area contributed by atoms with Crippen LogP contribution < -0.4 is 5.32 Å². The van der Waals surface area contributed by atoms with Gasteiger partial charge in [-0.3, -0.25) is 4.79 Å². The van der Waals surface area contributed by atoms with Crippen molar-refractivity contribution < 1.29 is 30.8 Å². The first-order valence-electron chi connectivity index (χ1n) is 11.1. The second-order valence-corrected chi connectivity index (χ2v) is 10.7. The predicted molar refractivity (Wildman–Crippen MR) is 129 cm³/mol. The molecule has 0 saturated carbocycles. The predicted octanol–water partition coefficient (Wildman–Crippen LogP) is 5.47. The number of rotatable bonds is 8. The Kier molecular flexibility index (Phi) is 8.20. The minimum absolute atomic E-state index is 0.0843. The van der Waals surface area contributed by atoms with Gasteiger partial charge in [-0.25, -0.2) is 12.8 Å². The van der Waals surface area contributed by atoms with Crippen molar-refractivity contribution >= 4 is 15.9 Å². The van der Waals surface area contributed by atoms with Crippen LogP contribution in [-0.2, 0) is 27.5 Å². The van der Waals surface area contributed by atoms with Crippen molar-refractivity contribution in [2.75, 3.05) is 7.05 Å². The highest BCUT2D eigenvalue weighted by Gasteiger charge is 2.35. The molecule has 0 saturated heterocycles. The van der Waals surface area contributed by atoms with Gasteiger partial charge in [-0.2, -0.15) is 17.5 Å². The van der Waals surface area contributed by atoms with Gasteiger partial charge in [0.05, 0.1) is 10.5 Å². The largest absolute Gasteiger partial charge is 0.416 e. The first kappa shape index (κ1) is 27.3. The molecule has 3 rings (SSSR count). The van der Waals surface area contributed by atoms with Crippen LogP contribution in [0.25, 0.3) is 11.1 Å². The Morgan fingerprint density at radius 3 is 2.11 bits per heavy atom. The Balaban J connectivity index is 1.74. The average molecular weight is 523 g/mol. The van der Waals surface area contributed by atoms with Crippen LogP contribution in [-0.4, -0.2) is 31.7 Å². The molecule has 0 fully saturated rings. The number of hydrogen-bond donors (Lipinski definition) is 1. The van der Waals surface area contributed by atoms with Gasteiger partial charge in [0, 0.05) is 13.6 Å². The van der Waals surface area contributed by atoms with E-state index in [9.17, 15) is 30.8 Å². The van der Waals surface area contributed by atoms with Crippen LogP contribution >= 0.6 is 0 Å². The van der Waals surface area contributed by atoms with Crippen LogP contribution in [0, 0.1) is 11.7 Å². The highest BCUT2D eigenvalue weighted by Crippen LogP contribution is 2.31. The monoisotopic (exact) mass is 522 g/mol. The Bertz CT molecular complexity index is 1310. The van der Waals surface area contributed by atoms with Crippen LogP contribution in [0.3, 0.4) is 0 Å². The molecule has 0 radical (unpaired) electrons. The van der Waals surface area contributed by atoms with E-state index in [0.29, 0.717) is 16.7 Å². The lowest BCUT2D eigenvalue weighted by atomic mass is 10.0. The number of benzene rings is 3. The second-order valence-electron chi connectivity index (χ2n) is 8.66. The number of hydrogen-bond acceptors (Lipinski definition) is 3. The Hall–Kier alpha value is -3.24. The topological polar surface area (TPSA) is 66.5 Å². The van der Waals surface area contributed by atoms with Gasteiger partial charge in [-0.1, -0.05) is 44.2 Å². The highest BCUT2D eigenvalue weighted by atomic mass is 32.2. The van der Waals surface area contributed by atoms with Crippen LogP contribution in [0.5, 0.6) is 0 Å². The standard InChI is InChI=1S/C26H26F4N2O3S/c1-17(2)24(32(3)36(34,35)23-13-11-22(27)12-14-23)25(33)31-16-18-5-4-6-20(15-18)19-7-9-21(10-8-19)26(28,29)30/h4-15,17,24H,16H2,1-3H3,(H,31,33)/t24-/m1/s1. The summed E-state index contributed by atoms with van der Waals surface area (Å²) >= 11 is 0. The third-order valence-electron chi connectivity index (χ3n) is 5.72. The third kappa shape index (κ3) is 6.30. The molecule has 1 N–H and O–H groups in total. The Morgan fingerprint density at radius 2 is 1.56 bits per heavy atom. The molecule has 0 aliphatic rings. The van der Waals surface area contributed by atoms with Crippen molar-refractivity contribution in [3.05, 3.63) is 89.7 Å². The second kappa shape index (κ2) is 10.8. The number of carbonyl (C=O) groups is 1. The lowest BCUT2D eigenvalue weighted by molar-refractivity contribution is -0.137. The third-order valence-corrected chi connectivity index (χ3v) is 7.58. The van der Waals surface area contributed by atoms with Gasteiger partial charge in [0.2, 0.25) is 15.9 Å². The van der Waals surface area contributed by atoms with Gasteiger partial charge in [-0.15, -0.1) is 0 Å². The van der Waals surface area contributed by atoms with E-state index in [0.717, 1.165) is 40.7 Å². The molecule has 1 atom stereocenters. The molecule has 3 aromatic rings. The first-order chi connectivity index (χ1) is 16.8. The smallest absolute Gasteiger partial charge is 0.351 e. The number of amides is 1. The number of sulfonamides is 1. The van der Waals surface area contributed by atoms with Crippen molar-refractivity contribution in [2.24, 2.45) is 5.92 Å². The Morgan fingerprint density at radius 1 is 0.944 bits per heavy atom. The molecule has 0 heterocycles. The summed E-state index contributed by atoms with van der Waals surface area (Å²) in [6.07, 6.45) is -4.42. The van der Waals surface area contributed by atoms with E-state index >= 15 is 0 Å². The Labute approximate surface area is 207 Å². The normalized spacial score (nSPS) is 13.1. The lowest BCUT2D eigenvalue weighted by Gasteiger charge is -2.29. The summed E-state index contributed by atoms with van der Waals surface area (Å²) in [5, 5.41) is 2.75. The lowest BCUT2D eigenvalue weighted by Crippen LogP contribution is -2.50. The fourth-order valence-corrected chi connectivity index (χ4v) is 5.27. The van der Waals surface area contributed by atoms with Crippen molar-refractivity contribution in [3.63, 3.8) is 0 Å². The molecular formula is C26H26F4N2O3S. The summed E-state index contributed by atoms with van der Waals surface area (Å²) in [5.74, 6) is -1.46. The van der Waals surface area contributed by atoms with Crippen molar-refractivity contribution in [3.8, 4) is 11.1 Å². The summed E-state index contributed by atoms with van der Waals surface area (Å²) in [6.45, 7) is 3.51. The SMILES string of the molecule is CC(C)[C@H](C(=O)NCc1cccc(-c2ccc(C(F)(F)F)cc2)c1)N(C)S(=O)(=O)c1ccc(F)cc1. The molecular weight excluding hydrogens is 496 g/mol. The minimum atomic E-state index is -4.42. The fourth-order valence-electron chi connectivity index (χ4n) is 3.82.